The summed E-state index contributed by atoms with van der Waals surface area (Å²) >= 11 is 0. The maximum absolute atomic E-state index is 5.34. The molecule has 2 N–H and O–H groups in total. The molecule has 0 rings (SSSR count). The molecule has 0 bridgehead atoms. The SMILES string of the molecule is CCCCCCCCN.[S]. The van der Waals surface area contributed by atoms with Crippen LogP contribution in [0.3, 0.4) is 0 Å². The van der Waals surface area contributed by atoms with Crippen LogP contribution in [0.25, 0.3) is 0 Å². The van der Waals surface area contributed by atoms with E-state index in [2.05, 4.69) is 6.92 Å². The van der Waals surface area contributed by atoms with Gasteiger partial charge in [-0.05, 0) is 13.0 Å². The Labute approximate surface area is 71.8 Å². The van der Waals surface area contributed by atoms with Crippen molar-refractivity contribution in [3.05, 3.63) is 0 Å². The van der Waals surface area contributed by atoms with Crippen molar-refractivity contribution in [1.29, 1.82) is 0 Å². The molecule has 0 atom stereocenters. The molecule has 0 amide bonds. The van der Waals surface area contributed by atoms with Gasteiger partial charge in [-0.3, -0.25) is 0 Å². The molecule has 62 valence electrons. The van der Waals surface area contributed by atoms with Crippen molar-refractivity contribution >= 4 is 13.5 Å². The second kappa shape index (κ2) is 12.0. The summed E-state index contributed by atoms with van der Waals surface area (Å²) < 4.78 is 0. The van der Waals surface area contributed by atoms with Gasteiger partial charge in [-0.1, -0.05) is 39.0 Å². The van der Waals surface area contributed by atoms with Crippen LogP contribution in [-0.4, -0.2) is 6.54 Å². The van der Waals surface area contributed by atoms with Crippen molar-refractivity contribution in [3.8, 4) is 0 Å². The first-order valence-corrected chi connectivity index (χ1v) is 4.12. The average molecular weight is 161 g/mol. The zero-order valence-electron chi connectivity index (χ0n) is 6.94. The van der Waals surface area contributed by atoms with Gasteiger partial charge in [-0.2, -0.15) is 0 Å². The topological polar surface area (TPSA) is 26.0 Å². The molecule has 0 spiro atoms. The lowest BCUT2D eigenvalue weighted by molar-refractivity contribution is 0.612. The predicted molar refractivity (Wildman–Crippen MR) is 50.0 cm³/mol. The zero-order valence-corrected chi connectivity index (χ0v) is 7.75. The van der Waals surface area contributed by atoms with Crippen LogP contribution in [0.2, 0.25) is 0 Å². The molecule has 0 heterocycles. The lowest BCUT2D eigenvalue weighted by Gasteiger charge is -1.96. The lowest BCUT2D eigenvalue weighted by Crippen LogP contribution is -1.97. The normalized spacial score (nSPS) is 9.00. The molecule has 0 aromatic rings. The van der Waals surface area contributed by atoms with E-state index < -0.39 is 0 Å². The zero-order chi connectivity index (χ0) is 6.95. The Morgan fingerprint density at radius 1 is 0.900 bits per heavy atom. The molecule has 10 heavy (non-hydrogen) atoms. The second-order valence-electron chi connectivity index (χ2n) is 2.56. The Balaban J connectivity index is 0. The van der Waals surface area contributed by atoms with Crippen LogP contribution in [0.15, 0.2) is 0 Å². The molecule has 0 saturated carbocycles. The van der Waals surface area contributed by atoms with Gasteiger partial charge in [0.15, 0.2) is 0 Å². The van der Waals surface area contributed by atoms with Crippen LogP contribution in [0, 0.1) is 0 Å². The fourth-order valence-electron chi connectivity index (χ4n) is 0.925. The third kappa shape index (κ3) is 11.2. The number of hydrogen-bond donors (Lipinski definition) is 1. The minimum atomic E-state index is 0. The standard InChI is InChI=1S/C8H19N.S/c1-2-3-4-5-6-7-8-9;/h2-9H2,1H3;. The Bertz CT molecular complexity index is 42.5. The quantitative estimate of drug-likeness (QED) is 0.595. The highest BCUT2D eigenvalue weighted by Gasteiger charge is 1.85. The van der Waals surface area contributed by atoms with E-state index in [9.17, 15) is 0 Å². The van der Waals surface area contributed by atoms with Crippen molar-refractivity contribution in [3.63, 3.8) is 0 Å². The third-order valence-electron chi connectivity index (χ3n) is 1.56. The molecule has 0 aliphatic carbocycles. The maximum atomic E-state index is 5.34. The molecular formula is C8H19NS. The Morgan fingerprint density at radius 3 is 1.90 bits per heavy atom. The summed E-state index contributed by atoms with van der Waals surface area (Å²) in [6, 6.07) is 0. The highest BCUT2D eigenvalue weighted by atomic mass is 32.1. The highest BCUT2D eigenvalue weighted by Crippen LogP contribution is 2.03. The molecule has 2 heteroatoms. The maximum Gasteiger partial charge on any atom is 0 e. The molecule has 0 aromatic carbocycles. The van der Waals surface area contributed by atoms with E-state index in [1.807, 2.05) is 0 Å². The van der Waals surface area contributed by atoms with Gasteiger partial charge in [0.05, 0.1) is 0 Å². The number of hydrogen-bond acceptors (Lipinski definition) is 1. The average Bonchev–Trinajstić information content (AvgIpc) is 1.89. The minimum absolute atomic E-state index is 0. The molecule has 0 saturated heterocycles. The second-order valence-corrected chi connectivity index (χ2v) is 2.56. The van der Waals surface area contributed by atoms with Crippen LogP contribution in [-0.2, 0) is 0 Å². The largest absolute Gasteiger partial charge is 0.330 e. The number of rotatable bonds is 6. The van der Waals surface area contributed by atoms with E-state index in [-0.39, 0.29) is 13.5 Å². The Morgan fingerprint density at radius 2 is 1.40 bits per heavy atom. The highest BCUT2D eigenvalue weighted by molar-refractivity contribution is 7.59. The van der Waals surface area contributed by atoms with Crippen molar-refractivity contribution < 1.29 is 0 Å². The number of nitrogens with two attached hydrogens (primary N) is 1. The Kier molecular flexibility index (Phi) is 15.6. The summed E-state index contributed by atoms with van der Waals surface area (Å²) in [5.74, 6) is 0. The van der Waals surface area contributed by atoms with E-state index in [1.165, 1.54) is 38.5 Å². The predicted octanol–water partition coefficient (Wildman–Crippen LogP) is 2.95. The summed E-state index contributed by atoms with van der Waals surface area (Å²) in [6.45, 7) is 3.11. The van der Waals surface area contributed by atoms with E-state index in [4.69, 9.17) is 5.73 Å². The molecule has 0 aliphatic heterocycles. The van der Waals surface area contributed by atoms with Crippen molar-refractivity contribution in [1.82, 2.24) is 0 Å². The first kappa shape index (κ1) is 12.9. The minimum Gasteiger partial charge on any atom is -0.330 e. The van der Waals surface area contributed by atoms with E-state index >= 15 is 0 Å². The first-order chi connectivity index (χ1) is 4.41. The van der Waals surface area contributed by atoms with Gasteiger partial charge in [0, 0.05) is 13.5 Å². The van der Waals surface area contributed by atoms with Gasteiger partial charge in [-0.25, -0.2) is 0 Å². The van der Waals surface area contributed by atoms with Gasteiger partial charge in [0.1, 0.15) is 0 Å². The van der Waals surface area contributed by atoms with Gasteiger partial charge >= 0.3 is 0 Å². The summed E-state index contributed by atoms with van der Waals surface area (Å²) in [5, 5.41) is 0. The summed E-state index contributed by atoms with van der Waals surface area (Å²) in [5.41, 5.74) is 5.34. The van der Waals surface area contributed by atoms with Crippen LogP contribution in [0.5, 0.6) is 0 Å². The molecule has 0 fully saturated rings. The molecule has 2 radical (unpaired) electrons. The summed E-state index contributed by atoms with van der Waals surface area (Å²) in [4.78, 5) is 0. The van der Waals surface area contributed by atoms with Crippen molar-refractivity contribution in [2.75, 3.05) is 6.54 Å². The summed E-state index contributed by atoms with van der Waals surface area (Å²) in [7, 11) is 0. The number of unbranched alkanes of at least 4 members (excludes halogenated alkanes) is 5. The fraction of sp³-hybridized carbons (Fsp3) is 1.00. The molecular weight excluding hydrogens is 142 g/mol. The summed E-state index contributed by atoms with van der Waals surface area (Å²) in [6.07, 6.45) is 8.05. The third-order valence-corrected chi connectivity index (χ3v) is 1.56. The van der Waals surface area contributed by atoms with Crippen LogP contribution in [0.1, 0.15) is 45.4 Å². The van der Waals surface area contributed by atoms with Crippen LogP contribution < -0.4 is 5.73 Å². The van der Waals surface area contributed by atoms with E-state index in [0.29, 0.717) is 0 Å². The van der Waals surface area contributed by atoms with Crippen LogP contribution in [0.4, 0.5) is 0 Å². The molecule has 0 aromatic heterocycles. The van der Waals surface area contributed by atoms with Gasteiger partial charge in [0.2, 0.25) is 0 Å². The molecule has 0 aliphatic rings. The monoisotopic (exact) mass is 161 g/mol. The van der Waals surface area contributed by atoms with E-state index in [1.54, 1.807) is 0 Å². The first-order valence-electron chi connectivity index (χ1n) is 4.12. The van der Waals surface area contributed by atoms with Gasteiger partial charge in [0.25, 0.3) is 0 Å². The van der Waals surface area contributed by atoms with Gasteiger partial charge < -0.3 is 5.73 Å². The van der Waals surface area contributed by atoms with Crippen molar-refractivity contribution in [2.45, 2.75) is 45.4 Å². The lowest BCUT2D eigenvalue weighted by atomic mass is 10.1. The smallest absolute Gasteiger partial charge is 0 e. The molecule has 1 nitrogen and oxygen atoms in total. The molecule has 0 unspecified atom stereocenters. The van der Waals surface area contributed by atoms with Crippen LogP contribution >= 0.6 is 13.5 Å². The van der Waals surface area contributed by atoms with E-state index in [0.717, 1.165) is 6.54 Å². The van der Waals surface area contributed by atoms with Crippen molar-refractivity contribution in [2.24, 2.45) is 5.73 Å². The fourth-order valence-corrected chi connectivity index (χ4v) is 0.925. The Hall–Kier alpha value is 0.310. The van der Waals surface area contributed by atoms with Gasteiger partial charge in [-0.15, -0.1) is 0 Å².